The number of aliphatic hydroxyl groups excluding tert-OH is 8. The molecule has 2 heterocycles. The standard InChI is InChI=1S/C51H91NO13/c1-3-5-7-9-11-13-15-17-18-19-20-21-23-24-26-28-30-32-34-40(55)39(52-43(56)35-33-31-29-27-25-22-16-14-12-10-8-6-4-2)38-62-50-48(61)46(59)49(42(37-54)64-50)65-51-47(60)45(58)44(57)41(36-53)63-51/h14,16,19-20,24,26,32,34,39-42,44-51,53-55,57-61H,3-13,15,17-18,21-23,25,27-31,33,35-38H2,1-2H3,(H,52,56)/b16-14-,20-19+,26-24+,34-32+. The summed E-state index contributed by atoms with van der Waals surface area (Å²) in [5, 5.41) is 86.6. The minimum atomic E-state index is -1.79. The van der Waals surface area contributed by atoms with Gasteiger partial charge in [0.15, 0.2) is 12.6 Å². The van der Waals surface area contributed by atoms with Crippen LogP contribution in [0.2, 0.25) is 0 Å². The van der Waals surface area contributed by atoms with Crippen molar-refractivity contribution >= 4 is 5.91 Å². The van der Waals surface area contributed by atoms with Crippen molar-refractivity contribution in [2.75, 3.05) is 19.8 Å². The molecule has 0 aliphatic carbocycles. The van der Waals surface area contributed by atoms with Crippen LogP contribution >= 0.6 is 0 Å². The van der Waals surface area contributed by atoms with Crippen LogP contribution in [0.1, 0.15) is 174 Å². The lowest BCUT2D eigenvalue weighted by atomic mass is 9.97. The molecule has 0 radical (unpaired) electrons. The molecule has 2 fully saturated rings. The summed E-state index contributed by atoms with van der Waals surface area (Å²) in [6.07, 6.45) is 27.2. The number of carbonyl (C=O) groups excluding carboxylic acids is 1. The SMILES string of the molecule is CCCCCC/C=C\CCCCCCCC(=O)NC(COC1OC(CO)C(OC2OC(CO)C(O)C(O)C2O)C(O)C1O)C(O)/C=C/CC/C=C/CC/C=C/CCCCCCCCCC. The molecule has 0 aromatic rings. The van der Waals surface area contributed by atoms with Crippen molar-refractivity contribution in [3.05, 3.63) is 48.6 Å². The molecule has 2 saturated heterocycles. The Labute approximate surface area is 391 Å². The Morgan fingerprint density at radius 3 is 1.52 bits per heavy atom. The van der Waals surface area contributed by atoms with Gasteiger partial charge in [0, 0.05) is 6.42 Å². The number of rotatable bonds is 38. The molecule has 14 heteroatoms. The number of nitrogens with one attached hydrogen (secondary N) is 1. The lowest BCUT2D eigenvalue weighted by Gasteiger charge is -2.46. The predicted molar refractivity (Wildman–Crippen MR) is 254 cm³/mol. The first-order chi connectivity index (χ1) is 31.6. The van der Waals surface area contributed by atoms with E-state index in [4.69, 9.17) is 18.9 Å². The van der Waals surface area contributed by atoms with Gasteiger partial charge in [-0.15, -0.1) is 0 Å². The summed E-state index contributed by atoms with van der Waals surface area (Å²) in [6, 6.07) is -0.941. The fourth-order valence-corrected chi connectivity index (χ4v) is 8.02. The van der Waals surface area contributed by atoms with Crippen LogP contribution in [0, 0.1) is 0 Å². The van der Waals surface area contributed by atoms with E-state index in [9.17, 15) is 45.6 Å². The monoisotopic (exact) mass is 926 g/mol. The lowest BCUT2D eigenvalue weighted by molar-refractivity contribution is -0.359. The number of hydrogen-bond donors (Lipinski definition) is 9. The van der Waals surface area contributed by atoms with Gasteiger partial charge >= 0.3 is 0 Å². The highest BCUT2D eigenvalue weighted by Crippen LogP contribution is 2.30. The first-order valence-corrected chi connectivity index (χ1v) is 25.4. The zero-order valence-electron chi connectivity index (χ0n) is 40.0. The molecule has 65 heavy (non-hydrogen) atoms. The zero-order chi connectivity index (χ0) is 47.5. The molecule has 14 nitrogen and oxygen atoms in total. The maximum Gasteiger partial charge on any atom is 0.220 e. The van der Waals surface area contributed by atoms with Crippen LogP contribution in [-0.2, 0) is 23.7 Å². The summed E-state index contributed by atoms with van der Waals surface area (Å²) >= 11 is 0. The molecule has 2 aliphatic rings. The van der Waals surface area contributed by atoms with Crippen LogP contribution in [0.15, 0.2) is 48.6 Å². The van der Waals surface area contributed by atoms with E-state index in [1.54, 1.807) is 6.08 Å². The Morgan fingerprint density at radius 2 is 0.985 bits per heavy atom. The van der Waals surface area contributed by atoms with Crippen LogP contribution in [0.3, 0.4) is 0 Å². The Balaban J connectivity index is 1.89. The number of unbranched alkanes of at least 4 members (excludes halogenated alkanes) is 19. The summed E-state index contributed by atoms with van der Waals surface area (Å²) in [4.78, 5) is 13.1. The highest BCUT2D eigenvalue weighted by atomic mass is 16.7. The molecule has 12 atom stereocenters. The molecule has 12 unspecified atom stereocenters. The normalized spacial score (nSPS) is 27.4. The third-order valence-electron chi connectivity index (χ3n) is 12.2. The molecule has 2 aliphatic heterocycles. The number of aliphatic hydroxyl groups is 8. The molecular formula is C51H91NO13. The van der Waals surface area contributed by atoms with Gasteiger partial charge in [-0.05, 0) is 70.6 Å². The van der Waals surface area contributed by atoms with E-state index >= 15 is 0 Å². The molecule has 378 valence electrons. The maximum atomic E-state index is 13.1. The third kappa shape index (κ3) is 25.2. The van der Waals surface area contributed by atoms with Gasteiger partial charge in [0.25, 0.3) is 0 Å². The van der Waals surface area contributed by atoms with E-state index in [1.807, 2.05) is 6.08 Å². The molecule has 0 aromatic carbocycles. The topological polar surface area (TPSA) is 228 Å². The van der Waals surface area contributed by atoms with Crippen LogP contribution in [-0.4, -0.2) is 140 Å². The van der Waals surface area contributed by atoms with Gasteiger partial charge < -0.3 is 65.1 Å². The number of amides is 1. The zero-order valence-corrected chi connectivity index (χ0v) is 40.0. The van der Waals surface area contributed by atoms with Crippen LogP contribution < -0.4 is 5.32 Å². The molecule has 2 rings (SSSR count). The fourth-order valence-electron chi connectivity index (χ4n) is 8.02. The van der Waals surface area contributed by atoms with E-state index in [2.05, 4.69) is 55.6 Å². The number of ether oxygens (including phenoxy) is 4. The molecule has 0 bridgehead atoms. The van der Waals surface area contributed by atoms with E-state index in [1.165, 1.54) is 77.0 Å². The van der Waals surface area contributed by atoms with Crippen molar-refractivity contribution in [3.63, 3.8) is 0 Å². The first-order valence-electron chi connectivity index (χ1n) is 25.4. The molecular weight excluding hydrogens is 835 g/mol. The summed E-state index contributed by atoms with van der Waals surface area (Å²) in [7, 11) is 0. The highest BCUT2D eigenvalue weighted by molar-refractivity contribution is 5.76. The van der Waals surface area contributed by atoms with Crippen molar-refractivity contribution in [1.82, 2.24) is 5.32 Å². The Hall–Kier alpha value is -2.05. The maximum absolute atomic E-state index is 13.1. The second-order valence-electron chi connectivity index (χ2n) is 17.9. The van der Waals surface area contributed by atoms with Crippen molar-refractivity contribution in [2.45, 2.75) is 248 Å². The quantitative estimate of drug-likeness (QED) is 0.0239. The Morgan fingerprint density at radius 1 is 0.538 bits per heavy atom. The van der Waals surface area contributed by atoms with Crippen molar-refractivity contribution in [2.24, 2.45) is 0 Å². The minimum absolute atomic E-state index is 0.259. The Bertz CT molecular complexity index is 1280. The van der Waals surface area contributed by atoms with E-state index in [-0.39, 0.29) is 18.9 Å². The second-order valence-corrected chi connectivity index (χ2v) is 17.9. The fraction of sp³-hybridized carbons (Fsp3) is 0.824. The molecule has 9 N–H and O–H groups in total. The van der Waals surface area contributed by atoms with Gasteiger partial charge in [-0.2, -0.15) is 0 Å². The number of carbonyl (C=O) groups is 1. The second kappa shape index (κ2) is 37.9. The lowest BCUT2D eigenvalue weighted by Crippen LogP contribution is -2.65. The smallest absolute Gasteiger partial charge is 0.220 e. The van der Waals surface area contributed by atoms with Crippen molar-refractivity contribution in [3.8, 4) is 0 Å². The van der Waals surface area contributed by atoms with Crippen LogP contribution in [0.4, 0.5) is 0 Å². The van der Waals surface area contributed by atoms with Gasteiger partial charge in [0.05, 0.1) is 32.0 Å². The van der Waals surface area contributed by atoms with Crippen LogP contribution in [0.25, 0.3) is 0 Å². The van der Waals surface area contributed by atoms with Gasteiger partial charge in [-0.1, -0.05) is 146 Å². The molecule has 0 aromatic heterocycles. The first kappa shape index (κ1) is 59.1. The Kier molecular flexibility index (Phi) is 34.4. The molecule has 0 saturated carbocycles. The summed E-state index contributed by atoms with van der Waals surface area (Å²) in [5.74, 6) is -0.266. The van der Waals surface area contributed by atoms with E-state index < -0.39 is 86.8 Å². The number of allylic oxidation sites excluding steroid dienone is 7. The summed E-state index contributed by atoms with van der Waals surface area (Å²) in [6.45, 7) is 2.72. The van der Waals surface area contributed by atoms with E-state index in [0.29, 0.717) is 12.8 Å². The number of hydrogen-bond acceptors (Lipinski definition) is 13. The van der Waals surface area contributed by atoms with Crippen LogP contribution in [0.5, 0.6) is 0 Å². The van der Waals surface area contributed by atoms with Crippen molar-refractivity contribution in [1.29, 1.82) is 0 Å². The average molecular weight is 926 g/mol. The minimum Gasteiger partial charge on any atom is -0.394 e. The van der Waals surface area contributed by atoms with Gasteiger partial charge in [0.1, 0.15) is 48.8 Å². The van der Waals surface area contributed by atoms with Gasteiger partial charge in [0.2, 0.25) is 5.91 Å². The predicted octanol–water partition coefficient (Wildman–Crippen LogP) is 6.49. The van der Waals surface area contributed by atoms with E-state index in [0.717, 1.165) is 64.2 Å². The van der Waals surface area contributed by atoms with Gasteiger partial charge in [-0.3, -0.25) is 4.79 Å². The highest BCUT2D eigenvalue weighted by Gasteiger charge is 2.51. The van der Waals surface area contributed by atoms with Crippen molar-refractivity contribution < 1.29 is 64.6 Å². The molecule has 1 amide bonds. The van der Waals surface area contributed by atoms with Gasteiger partial charge in [-0.25, -0.2) is 0 Å². The third-order valence-corrected chi connectivity index (χ3v) is 12.2. The molecule has 0 spiro atoms. The summed E-state index contributed by atoms with van der Waals surface area (Å²) in [5.41, 5.74) is 0. The summed E-state index contributed by atoms with van der Waals surface area (Å²) < 4.78 is 22.6. The average Bonchev–Trinajstić information content (AvgIpc) is 3.30. The largest absolute Gasteiger partial charge is 0.394 e.